The van der Waals surface area contributed by atoms with Crippen molar-refractivity contribution in [2.75, 3.05) is 12.9 Å². The van der Waals surface area contributed by atoms with Gasteiger partial charge in [0.15, 0.2) is 0 Å². The predicted octanol–water partition coefficient (Wildman–Crippen LogP) is 1.06. The Morgan fingerprint density at radius 2 is 2.13 bits per heavy atom. The van der Waals surface area contributed by atoms with Crippen LogP contribution in [0.4, 0.5) is 0 Å². The van der Waals surface area contributed by atoms with Crippen LogP contribution in [0, 0.1) is 0 Å². The van der Waals surface area contributed by atoms with Gasteiger partial charge in [0.25, 0.3) is 0 Å². The van der Waals surface area contributed by atoms with E-state index in [1.807, 2.05) is 24.3 Å². The van der Waals surface area contributed by atoms with E-state index < -0.39 is 10.0 Å². The highest BCUT2D eigenvalue weighted by atomic mass is 32.2. The lowest BCUT2D eigenvalue weighted by molar-refractivity contribution is 0.263. The Balaban J connectivity index is 2.30. The summed E-state index contributed by atoms with van der Waals surface area (Å²) in [7, 11) is -3.17. The summed E-state index contributed by atoms with van der Waals surface area (Å²) < 4.78 is 30.4. The average Bonchev–Trinajstić information content (AvgIpc) is 2.16. The normalized spacial score (nSPS) is 20.5. The Morgan fingerprint density at radius 1 is 1.40 bits per heavy atom. The fourth-order valence-electron chi connectivity index (χ4n) is 1.72. The van der Waals surface area contributed by atoms with Gasteiger partial charge in [0.2, 0.25) is 10.0 Å². The zero-order valence-electron chi connectivity index (χ0n) is 8.43. The molecule has 2 rings (SSSR count). The summed E-state index contributed by atoms with van der Waals surface area (Å²) in [5.41, 5.74) is 0.911. The van der Waals surface area contributed by atoms with E-state index in [1.165, 1.54) is 6.26 Å². The van der Waals surface area contributed by atoms with Gasteiger partial charge in [-0.25, -0.2) is 13.1 Å². The molecule has 0 fully saturated rings. The van der Waals surface area contributed by atoms with Gasteiger partial charge in [-0.05, 0) is 6.07 Å². The molecule has 0 spiro atoms. The van der Waals surface area contributed by atoms with Crippen LogP contribution in [0.15, 0.2) is 24.3 Å². The zero-order valence-corrected chi connectivity index (χ0v) is 9.25. The number of ether oxygens (including phenoxy) is 1. The van der Waals surface area contributed by atoms with Gasteiger partial charge in [0, 0.05) is 12.0 Å². The lowest BCUT2D eigenvalue weighted by atomic mass is 10.0. The highest BCUT2D eigenvalue weighted by molar-refractivity contribution is 7.88. The molecule has 0 bridgehead atoms. The van der Waals surface area contributed by atoms with Crippen molar-refractivity contribution < 1.29 is 13.2 Å². The van der Waals surface area contributed by atoms with E-state index in [4.69, 9.17) is 4.74 Å². The molecule has 0 amide bonds. The summed E-state index contributed by atoms with van der Waals surface area (Å²) in [5, 5.41) is 0. The standard InChI is InChI=1S/C10H13NO3S/c1-15(12,13)11-9-6-7-14-10-5-3-2-4-8(9)10/h2-5,9,11H,6-7H2,1H3. The van der Waals surface area contributed by atoms with Crippen LogP contribution in [0.2, 0.25) is 0 Å². The third-order valence-electron chi connectivity index (χ3n) is 2.31. The van der Waals surface area contributed by atoms with Crippen molar-refractivity contribution in [3.05, 3.63) is 29.8 Å². The molecule has 1 aliphatic heterocycles. The molecule has 15 heavy (non-hydrogen) atoms. The Hall–Kier alpha value is -1.07. The maximum absolute atomic E-state index is 11.2. The van der Waals surface area contributed by atoms with Crippen LogP contribution >= 0.6 is 0 Å². The number of sulfonamides is 1. The second-order valence-electron chi connectivity index (χ2n) is 3.62. The summed E-state index contributed by atoms with van der Waals surface area (Å²) in [6.45, 7) is 0.546. The van der Waals surface area contributed by atoms with Gasteiger partial charge in [-0.1, -0.05) is 18.2 Å². The number of rotatable bonds is 2. The minimum Gasteiger partial charge on any atom is -0.493 e. The molecule has 0 aliphatic carbocycles. The van der Waals surface area contributed by atoms with Crippen LogP contribution in [0.5, 0.6) is 5.75 Å². The number of para-hydroxylation sites is 1. The van der Waals surface area contributed by atoms with E-state index in [0.717, 1.165) is 11.3 Å². The molecule has 1 aromatic carbocycles. The number of nitrogens with one attached hydrogen (secondary N) is 1. The van der Waals surface area contributed by atoms with Gasteiger partial charge in [-0.3, -0.25) is 0 Å². The van der Waals surface area contributed by atoms with Gasteiger partial charge in [-0.15, -0.1) is 0 Å². The van der Waals surface area contributed by atoms with Crippen molar-refractivity contribution in [2.24, 2.45) is 0 Å². The van der Waals surface area contributed by atoms with Crippen molar-refractivity contribution in [3.8, 4) is 5.75 Å². The molecule has 1 unspecified atom stereocenters. The lowest BCUT2D eigenvalue weighted by Gasteiger charge is -2.25. The molecule has 1 N–H and O–H groups in total. The lowest BCUT2D eigenvalue weighted by Crippen LogP contribution is -2.31. The average molecular weight is 227 g/mol. The van der Waals surface area contributed by atoms with Crippen LogP contribution in [-0.4, -0.2) is 21.3 Å². The molecule has 0 aromatic heterocycles. The van der Waals surface area contributed by atoms with Gasteiger partial charge >= 0.3 is 0 Å². The number of fused-ring (bicyclic) bond motifs is 1. The Kier molecular flexibility index (Phi) is 2.67. The molecule has 4 nitrogen and oxygen atoms in total. The first-order valence-corrected chi connectivity index (χ1v) is 6.64. The van der Waals surface area contributed by atoms with Crippen molar-refractivity contribution in [1.82, 2.24) is 4.72 Å². The molecule has 1 aliphatic rings. The summed E-state index contributed by atoms with van der Waals surface area (Å²) >= 11 is 0. The maximum atomic E-state index is 11.2. The van der Waals surface area contributed by atoms with Crippen LogP contribution in [-0.2, 0) is 10.0 Å². The Bertz CT molecular complexity index is 455. The third-order valence-corrected chi connectivity index (χ3v) is 3.03. The number of benzene rings is 1. The summed E-state index contributed by atoms with van der Waals surface area (Å²) in [5.74, 6) is 0.768. The smallest absolute Gasteiger partial charge is 0.209 e. The number of hydrogen-bond acceptors (Lipinski definition) is 3. The second-order valence-corrected chi connectivity index (χ2v) is 5.40. The van der Waals surface area contributed by atoms with Crippen molar-refractivity contribution in [3.63, 3.8) is 0 Å². The van der Waals surface area contributed by atoms with Crippen molar-refractivity contribution in [2.45, 2.75) is 12.5 Å². The molecule has 0 radical (unpaired) electrons. The van der Waals surface area contributed by atoms with Gasteiger partial charge in [0.1, 0.15) is 5.75 Å². The second kappa shape index (κ2) is 3.83. The number of hydrogen-bond donors (Lipinski definition) is 1. The van der Waals surface area contributed by atoms with Crippen molar-refractivity contribution >= 4 is 10.0 Å². The van der Waals surface area contributed by atoms with E-state index in [0.29, 0.717) is 13.0 Å². The zero-order chi connectivity index (χ0) is 10.9. The molecule has 0 saturated heterocycles. The summed E-state index contributed by atoms with van der Waals surface area (Å²) in [6, 6.07) is 7.33. The predicted molar refractivity (Wildman–Crippen MR) is 57.3 cm³/mol. The molecule has 82 valence electrons. The van der Waals surface area contributed by atoms with E-state index in [9.17, 15) is 8.42 Å². The van der Waals surface area contributed by atoms with Gasteiger partial charge < -0.3 is 4.74 Å². The minimum absolute atomic E-state index is 0.162. The largest absolute Gasteiger partial charge is 0.493 e. The van der Waals surface area contributed by atoms with Crippen molar-refractivity contribution in [1.29, 1.82) is 0 Å². The highest BCUT2D eigenvalue weighted by Gasteiger charge is 2.23. The molecule has 1 atom stereocenters. The van der Waals surface area contributed by atoms with E-state index in [2.05, 4.69) is 4.72 Å². The quantitative estimate of drug-likeness (QED) is 0.822. The molecule has 1 heterocycles. The third kappa shape index (κ3) is 2.49. The Labute approximate surface area is 89.3 Å². The molecule has 1 aromatic rings. The van der Waals surface area contributed by atoms with E-state index in [-0.39, 0.29) is 6.04 Å². The van der Waals surface area contributed by atoms with Gasteiger partial charge in [-0.2, -0.15) is 0 Å². The Morgan fingerprint density at radius 3 is 2.87 bits per heavy atom. The monoisotopic (exact) mass is 227 g/mol. The van der Waals surface area contributed by atoms with E-state index in [1.54, 1.807) is 0 Å². The fourth-order valence-corrected chi connectivity index (χ4v) is 2.48. The first-order chi connectivity index (χ1) is 7.06. The molecule has 0 saturated carbocycles. The van der Waals surface area contributed by atoms with Gasteiger partial charge in [0.05, 0.1) is 18.9 Å². The first-order valence-electron chi connectivity index (χ1n) is 4.75. The summed E-state index contributed by atoms with van der Waals surface area (Å²) in [4.78, 5) is 0. The maximum Gasteiger partial charge on any atom is 0.209 e. The minimum atomic E-state index is -3.17. The SMILES string of the molecule is CS(=O)(=O)NC1CCOc2ccccc21. The fraction of sp³-hybridized carbons (Fsp3) is 0.400. The molecular formula is C10H13NO3S. The molecule has 5 heteroatoms. The topological polar surface area (TPSA) is 55.4 Å². The van der Waals surface area contributed by atoms with Crippen LogP contribution in [0.3, 0.4) is 0 Å². The summed E-state index contributed by atoms with van der Waals surface area (Å²) in [6.07, 6.45) is 1.84. The highest BCUT2D eigenvalue weighted by Crippen LogP contribution is 2.31. The van der Waals surface area contributed by atoms with E-state index >= 15 is 0 Å². The first kappa shape index (κ1) is 10.4. The molecular weight excluding hydrogens is 214 g/mol. The van der Waals surface area contributed by atoms with Crippen LogP contribution in [0.25, 0.3) is 0 Å². The van der Waals surface area contributed by atoms with Crippen LogP contribution < -0.4 is 9.46 Å². The van der Waals surface area contributed by atoms with Crippen LogP contribution in [0.1, 0.15) is 18.0 Å².